The summed E-state index contributed by atoms with van der Waals surface area (Å²) in [6.07, 6.45) is -4.69. The van der Waals surface area contributed by atoms with Crippen LogP contribution in [0.5, 0.6) is 0 Å². The lowest BCUT2D eigenvalue weighted by atomic mass is 10.1. The van der Waals surface area contributed by atoms with Crippen molar-refractivity contribution in [3.8, 4) is 0 Å². The van der Waals surface area contributed by atoms with Gasteiger partial charge in [-0.2, -0.15) is 13.2 Å². The molecule has 0 aliphatic carbocycles. The molecule has 1 amide bonds. The number of thiophene rings is 1. The van der Waals surface area contributed by atoms with E-state index in [1.165, 1.54) is 17.4 Å². The lowest BCUT2D eigenvalue weighted by molar-refractivity contribution is -0.137. The van der Waals surface area contributed by atoms with Gasteiger partial charge < -0.3 is 5.32 Å². The van der Waals surface area contributed by atoms with Crippen LogP contribution in [0.3, 0.4) is 0 Å². The van der Waals surface area contributed by atoms with Crippen molar-refractivity contribution in [2.24, 2.45) is 0 Å². The molecule has 3 nitrogen and oxygen atoms in total. The number of carbonyl (C=O) groups excluding carboxylic acids is 1. The molecule has 122 valence electrons. The molecule has 0 saturated carbocycles. The Morgan fingerprint density at radius 1 is 1.39 bits per heavy atom. The molecular formula is C14H9ClF3IN2OS. The van der Waals surface area contributed by atoms with Gasteiger partial charge in [-0.1, -0.05) is 17.7 Å². The van der Waals surface area contributed by atoms with Crippen molar-refractivity contribution in [3.63, 3.8) is 0 Å². The Morgan fingerprint density at radius 3 is 2.61 bits per heavy atom. The normalized spacial score (nSPS) is 11.4. The van der Waals surface area contributed by atoms with Crippen LogP contribution < -0.4 is 5.32 Å². The van der Waals surface area contributed by atoms with E-state index < -0.39 is 23.2 Å². The zero-order chi connectivity index (χ0) is 17.4. The smallest absolute Gasteiger partial charge is 0.321 e. The molecule has 2 aromatic rings. The molecule has 0 fully saturated rings. The van der Waals surface area contributed by atoms with Gasteiger partial charge in [0.25, 0.3) is 5.91 Å². The highest BCUT2D eigenvalue weighted by Gasteiger charge is 2.36. The average Bonchev–Trinajstić information content (AvgIpc) is 2.78. The summed E-state index contributed by atoms with van der Waals surface area (Å²) < 4.78 is 39.4. The molecular weight excluding hydrogens is 464 g/mol. The Kier molecular flexibility index (Phi) is 5.37. The molecule has 0 spiro atoms. The quantitative estimate of drug-likeness (QED) is 0.434. The van der Waals surface area contributed by atoms with Gasteiger partial charge in [-0.15, -0.1) is 11.3 Å². The van der Waals surface area contributed by atoms with Crippen LogP contribution in [0.2, 0.25) is 5.02 Å². The first-order chi connectivity index (χ1) is 10.6. The molecule has 0 atom stereocenters. The van der Waals surface area contributed by atoms with Gasteiger partial charge in [-0.05, 0) is 47.7 Å². The fourth-order valence-electron chi connectivity index (χ4n) is 1.95. The molecule has 9 heteroatoms. The third-order valence-corrected chi connectivity index (χ3v) is 5.14. The molecule has 1 aromatic carbocycles. The van der Waals surface area contributed by atoms with Crippen molar-refractivity contribution in [2.45, 2.75) is 13.1 Å². The van der Waals surface area contributed by atoms with Gasteiger partial charge in [0, 0.05) is 4.88 Å². The van der Waals surface area contributed by atoms with E-state index in [2.05, 4.69) is 5.32 Å². The van der Waals surface area contributed by atoms with E-state index >= 15 is 0 Å². The lowest BCUT2D eigenvalue weighted by Crippen LogP contribution is -2.19. The van der Waals surface area contributed by atoms with Gasteiger partial charge >= 0.3 is 6.18 Å². The minimum Gasteiger partial charge on any atom is -0.321 e. The topological polar surface area (TPSA) is 53.0 Å². The highest BCUT2D eigenvalue weighted by molar-refractivity contribution is 14.1. The van der Waals surface area contributed by atoms with Gasteiger partial charge in [-0.25, -0.2) is 0 Å². The average molecular weight is 473 g/mol. The number of hydrogen-bond donors (Lipinski definition) is 2. The van der Waals surface area contributed by atoms with E-state index in [9.17, 15) is 18.0 Å². The number of halogens is 5. The van der Waals surface area contributed by atoms with Crippen molar-refractivity contribution in [1.82, 2.24) is 0 Å². The second kappa shape index (κ2) is 6.78. The molecule has 23 heavy (non-hydrogen) atoms. The lowest BCUT2D eigenvalue weighted by Gasteiger charge is -2.14. The SMILES string of the molecule is Cc1cc(NC(=O)c2c(Cl)cccc2C(F)(F)F)c(C(=N)I)s1. The van der Waals surface area contributed by atoms with Crippen LogP contribution in [-0.2, 0) is 6.18 Å². The second-order valence-electron chi connectivity index (χ2n) is 4.53. The summed E-state index contributed by atoms with van der Waals surface area (Å²) >= 11 is 8.85. The largest absolute Gasteiger partial charge is 0.417 e. The van der Waals surface area contributed by atoms with Gasteiger partial charge in [0.05, 0.1) is 26.7 Å². The fraction of sp³-hybridized carbons (Fsp3) is 0.143. The number of nitrogens with one attached hydrogen (secondary N) is 2. The van der Waals surface area contributed by atoms with E-state index in [1.54, 1.807) is 35.6 Å². The van der Waals surface area contributed by atoms with Crippen LogP contribution in [-0.4, -0.2) is 9.63 Å². The van der Waals surface area contributed by atoms with Crippen LogP contribution in [0.1, 0.15) is 25.7 Å². The van der Waals surface area contributed by atoms with E-state index in [4.69, 9.17) is 17.0 Å². The van der Waals surface area contributed by atoms with Crippen LogP contribution >= 0.6 is 45.5 Å². The Labute approximate surface area is 152 Å². The van der Waals surface area contributed by atoms with E-state index in [-0.39, 0.29) is 8.74 Å². The number of hydrogen-bond acceptors (Lipinski definition) is 3. The predicted octanol–water partition coefficient (Wildman–Crippen LogP) is 5.74. The van der Waals surface area contributed by atoms with Gasteiger partial charge in [-0.3, -0.25) is 10.2 Å². The molecule has 0 saturated heterocycles. The van der Waals surface area contributed by atoms with Crippen LogP contribution in [0.15, 0.2) is 24.3 Å². The Bertz CT molecular complexity index is 789. The van der Waals surface area contributed by atoms with Crippen LogP contribution in [0, 0.1) is 12.3 Å². The highest BCUT2D eigenvalue weighted by Crippen LogP contribution is 2.36. The Morgan fingerprint density at radius 2 is 2.04 bits per heavy atom. The van der Waals surface area contributed by atoms with E-state index in [1.807, 2.05) is 0 Å². The number of amides is 1. The summed E-state index contributed by atoms with van der Waals surface area (Å²) in [6, 6.07) is 4.78. The molecule has 2 N–H and O–H groups in total. The summed E-state index contributed by atoms with van der Waals surface area (Å²) in [5.74, 6) is -0.959. The molecule has 0 bridgehead atoms. The molecule has 0 radical (unpaired) electrons. The maximum Gasteiger partial charge on any atom is 0.417 e. The summed E-state index contributed by atoms with van der Waals surface area (Å²) in [7, 11) is 0. The van der Waals surface area contributed by atoms with Crippen LogP contribution in [0.4, 0.5) is 18.9 Å². The summed E-state index contributed by atoms with van der Waals surface area (Å²) in [5.41, 5.74) is -1.43. The number of benzene rings is 1. The van der Waals surface area contributed by atoms with Crippen molar-refractivity contribution in [2.75, 3.05) is 5.32 Å². The number of anilines is 1. The second-order valence-corrected chi connectivity index (χ2v) is 7.27. The number of aryl methyl sites for hydroxylation is 1. The van der Waals surface area contributed by atoms with Gasteiger partial charge in [0.1, 0.15) is 3.72 Å². The third kappa shape index (κ3) is 4.04. The number of rotatable bonds is 3. The van der Waals surface area contributed by atoms with Crippen LogP contribution in [0.25, 0.3) is 0 Å². The predicted molar refractivity (Wildman–Crippen MR) is 94.3 cm³/mol. The molecule has 2 rings (SSSR count). The molecule has 1 heterocycles. The Balaban J connectivity index is 2.45. The number of alkyl halides is 3. The Hall–Kier alpha value is -1.13. The monoisotopic (exact) mass is 472 g/mol. The maximum atomic E-state index is 13.1. The first-order valence-electron chi connectivity index (χ1n) is 6.13. The molecule has 0 aliphatic rings. The van der Waals surface area contributed by atoms with Gasteiger partial charge in [0.15, 0.2) is 0 Å². The molecule has 1 aromatic heterocycles. The molecule has 0 unspecified atom stereocenters. The van der Waals surface area contributed by atoms with E-state index in [0.29, 0.717) is 10.6 Å². The summed E-state index contributed by atoms with van der Waals surface area (Å²) in [5, 5.41) is 9.80. The molecule has 0 aliphatic heterocycles. The zero-order valence-corrected chi connectivity index (χ0v) is 15.2. The maximum absolute atomic E-state index is 13.1. The van der Waals surface area contributed by atoms with Crippen molar-refractivity contribution in [3.05, 3.63) is 50.2 Å². The third-order valence-electron chi connectivity index (χ3n) is 2.85. The van der Waals surface area contributed by atoms with Crippen molar-refractivity contribution < 1.29 is 18.0 Å². The van der Waals surface area contributed by atoms with Gasteiger partial charge in [0.2, 0.25) is 0 Å². The highest BCUT2D eigenvalue weighted by atomic mass is 127. The zero-order valence-electron chi connectivity index (χ0n) is 11.5. The van der Waals surface area contributed by atoms with Crippen molar-refractivity contribution >= 4 is 60.8 Å². The standard InChI is InChI=1S/C14H9ClF3IN2OS/c1-6-5-9(11(23-6)12(19)20)21-13(22)10-7(14(16,17)18)3-2-4-8(10)15/h2-5,20H,1H3,(H,21,22). The summed E-state index contributed by atoms with van der Waals surface area (Å²) in [6.45, 7) is 1.78. The minimum atomic E-state index is -4.69. The van der Waals surface area contributed by atoms with E-state index in [0.717, 1.165) is 17.0 Å². The van der Waals surface area contributed by atoms with Crippen molar-refractivity contribution in [1.29, 1.82) is 5.41 Å². The first-order valence-corrected chi connectivity index (χ1v) is 8.40. The minimum absolute atomic E-state index is 0.186. The first kappa shape index (κ1) is 18.2. The number of carbonyl (C=O) groups is 1. The fourth-order valence-corrected chi connectivity index (χ4v) is 3.64. The summed E-state index contributed by atoms with van der Waals surface area (Å²) in [4.78, 5) is 13.6.